The van der Waals surface area contributed by atoms with Crippen molar-refractivity contribution in [1.29, 1.82) is 0 Å². The lowest BCUT2D eigenvalue weighted by molar-refractivity contribution is 0.689. The van der Waals surface area contributed by atoms with Crippen LogP contribution in [-0.2, 0) is 6.42 Å². The molecule has 1 radical (unpaired) electrons. The molecule has 0 spiro atoms. The van der Waals surface area contributed by atoms with Crippen molar-refractivity contribution < 1.29 is 4.39 Å². The molecule has 14 heavy (non-hydrogen) atoms. The van der Waals surface area contributed by atoms with Crippen LogP contribution in [0.5, 0.6) is 0 Å². The fourth-order valence-electron chi connectivity index (χ4n) is 2.01. The zero-order valence-corrected chi connectivity index (χ0v) is 8.55. The lowest BCUT2D eigenvalue weighted by Gasteiger charge is -2.03. The van der Waals surface area contributed by atoms with Crippen molar-refractivity contribution in [3.63, 3.8) is 0 Å². The Labute approximate surface area is 84.2 Å². The lowest BCUT2D eigenvalue weighted by Crippen LogP contribution is -1.98. The minimum atomic E-state index is -0.0845. The summed E-state index contributed by atoms with van der Waals surface area (Å²) in [5, 5.41) is 1.38. The zero-order chi connectivity index (χ0) is 9.54. The third-order valence-electron chi connectivity index (χ3n) is 2.67. The van der Waals surface area contributed by atoms with Crippen LogP contribution in [0.25, 0.3) is 5.57 Å². The van der Waals surface area contributed by atoms with E-state index in [1.54, 1.807) is 11.7 Å². The summed E-state index contributed by atoms with van der Waals surface area (Å²) in [4.78, 5) is 0. The highest BCUT2D eigenvalue weighted by Crippen LogP contribution is 2.34. The average Bonchev–Trinajstić information content (AvgIpc) is 2.56. The van der Waals surface area contributed by atoms with Crippen molar-refractivity contribution in [1.82, 2.24) is 0 Å². The molecule has 0 bridgehead atoms. The zero-order valence-electron chi connectivity index (χ0n) is 7.55. The number of halogens is 1. The van der Waals surface area contributed by atoms with E-state index >= 15 is 0 Å². The van der Waals surface area contributed by atoms with E-state index in [9.17, 15) is 4.39 Å². The standard InChI is InChI=1S/C12H8FSi/c13-9-6-11-10-4-2-1-3-8(10)5-12(11)14-7-9/h1-4,6-7H,5H2. The molecule has 0 atom stereocenters. The fourth-order valence-corrected chi connectivity index (χ4v) is 3.07. The normalized spacial score (nSPS) is 17.9. The molecule has 0 saturated heterocycles. The number of rotatable bonds is 0. The SMILES string of the molecule is FC1=CC2=C(Cc3ccccc32)[Si]=C1. The van der Waals surface area contributed by atoms with Crippen molar-refractivity contribution in [2.45, 2.75) is 6.42 Å². The molecular formula is C12H8FSi. The fraction of sp³-hybridized carbons (Fsp3) is 0.0833. The molecule has 67 valence electrons. The molecule has 2 aliphatic rings. The molecule has 1 aliphatic heterocycles. The first-order valence-corrected chi connectivity index (χ1v) is 5.71. The van der Waals surface area contributed by atoms with E-state index in [1.165, 1.54) is 16.3 Å². The maximum absolute atomic E-state index is 13.1. The first kappa shape index (κ1) is 8.06. The van der Waals surface area contributed by atoms with Gasteiger partial charge in [0.15, 0.2) is 0 Å². The van der Waals surface area contributed by atoms with Gasteiger partial charge in [-0.3, -0.25) is 0 Å². The predicted molar refractivity (Wildman–Crippen MR) is 58.1 cm³/mol. The molecule has 0 aromatic heterocycles. The molecular weight excluding hydrogens is 191 g/mol. The Hall–Kier alpha value is -1.28. The van der Waals surface area contributed by atoms with Crippen molar-refractivity contribution in [3.8, 4) is 0 Å². The second kappa shape index (κ2) is 2.85. The Morgan fingerprint density at radius 1 is 1.21 bits per heavy atom. The van der Waals surface area contributed by atoms with E-state index in [0.29, 0.717) is 9.13 Å². The molecule has 0 nitrogen and oxygen atoms in total. The molecule has 1 aromatic carbocycles. The minimum Gasteiger partial charge on any atom is -0.207 e. The number of allylic oxidation sites excluding steroid dienone is 4. The van der Waals surface area contributed by atoms with Crippen LogP contribution in [-0.4, -0.2) is 14.8 Å². The Morgan fingerprint density at radius 3 is 3.00 bits per heavy atom. The van der Waals surface area contributed by atoms with Crippen molar-refractivity contribution in [2.24, 2.45) is 0 Å². The number of benzene rings is 1. The van der Waals surface area contributed by atoms with Crippen LogP contribution in [0.4, 0.5) is 4.39 Å². The summed E-state index contributed by atoms with van der Waals surface area (Å²) in [6.45, 7) is 0. The molecule has 1 aliphatic carbocycles. The molecule has 0 fully saturated rings. The van der Waals surface area contributed by atoms with Gasteiger partial charge in [0.05, 0.1) is 9.13 Å². The van der Waals surface area contributed by atoms with Gasteiger partial charge >= 0.3 is 0 Å². The van der Waals surface area contributed by atoms with Crippen molar-refractivity contribution in [3.05, 3.63) is 52.5 Å². The summed E-state index contributed by atoms with van der Waals surface area (Å²) >= 11 is 0. The van der Waals surface area contributed by atoms with Crippen LogP contribution in [0, 0.1) is 0 Å². The van der Waals surface area contributed by atoms with Crippen LogP contribution in [0.3, 0.4) is 0 Å². The Morgan fingerprint density at radius 2 is 2.07 bits per heavy atom. The highest BCUT2D eigenvalue weighted by atomic mass is 28.2. The molecule has 0 amide bonds. The van der Waals surface area contributed by atoms with Gasteiger partial charge in [-0.25, -0.2) is 4.39 Å². The van der Waals surface area contributed by atoms with E-state index in [1.807, 2.05) is 12.1 Å². The molecule has 0 saturated carbocycles. The van der Waals surface area contributed by atoms with Gasteiger partial charge in [0.1, 0.15) is 5.83 Å². The molecule has 1 heterocycles. The molecule has 0 N–H and O–H groups in total. The van der Waals surface area contributed by atoms with Crippen LogP contribution in [0.2, 0.25) is 0 Å². The third-order valence-corrected chi connectivity index (χ3v) is 3.88. The number of fused-ring (bicyclic) bond motifs is 2. The molecule has 0 unspecified atom stereocenters. The first-order chi connectivity index (χ1) is 6.84. The molecule has 1 aromatic rings. The van der Waals surface area contributed by atoms with Gasteiger partial charge in [-0.2, -0.15) is 0 Å². The third kappa shape index (κ3) is 1.07. The van der Waals surface area contributed by atoms with Crippen LogP contribution >= 0.6 is 0 Å². The average molecular weight is 199 g/mol. The summed E-state index contributed by atoms with van der Waals surface area (Å²) in [5.41, 5.74) is 5.37. The number of hydrogen-bond acceptors (Lipinski definition) is 0. The predicted octanol–water partition coefficient (Wildman–Crippen LogP) is 2.33. The van der Waals surface area contributed by atoms with Crippen LogP contribution in [0.15, 0.2) is 41.4 Å². The van der Waals surface area contributed by atoms with Crippen molar-refractivity contribution in [2.75, 3.05) is 0 Å². The van der Waals surface area contributed by atoms with Gasteiger partial charge in [-0.15, -0.1) is 0 Å². The van der Waals surface area contributed by atoms with E-state index in [0.717, 1.165) is 12.0 Å². The number of hydrogen-bond donors (Lipinski definition) is 0. The molecule has 3 rings (SSSR count). The monoisotopic (exact) mass is 199 g/mol. The second-order valence-corrected chi connectivity index (χ2v) is 4.72. The van der Waals surface area contributed by atoms with Crippen LogP contribution in [0.1, 0.15) is 11.1 Å². The second-order valence-electron chi connectivity index (χ2n) is 3.54. The van der Waals surface area contributed by atoms with Gasteiger partial charge < -0.3 is 0 Å². The summed E-state index contributed by atoms with van der Waals surface area (Å²) in [6.07, 6.45) is 2.67. The highest BCUT2D eigenvalue weighted by Gasteiger charge is 2.20. The smallest absolute Gasteiger partial charge is 0.119 e. The summed E-state index contributed by atoms with van der Waals surface area (Å²) in [7, 11) is 0.524. The lowest BCUT2D eigenvalue weighted by atomic mass is 10.1. The topological polar surface area (TPSA) is 0 Å². The quantitative estimate of drug-likeness (QED) is 0.563. The Balaban J connectivity index is 2.22. The largest absolute Gasteiger partial charge is 0.207 e. The van der Waals surface area contributed by atoms with Crippen LogP contribution < -0.4 is 0 Å². The van der Waals surface area contributed by atoms with Gasteiger partial charge in [0.25, 0.3) is 0 Å². The van der Waals surface area contributed by atoms with Gasteiger partial charge in [-0.1, -0.05) is 29.5 Å². The van der Waals surface area contributed by atoms with E-state index < -0.39 is 0 Å². The maximum atomic E-state index is 13.1. The van der Waals surface area contributed by atoms with E-state index in [-0.39, 0.29) is 5.83 Å². The Bertz CT molecular complexity index is 495. The Kier molecular flexibility index (Phi) is 1.64. The highest BCUT2D eigenvalue weighted by molar-refractivity contribution is 6.59. The van der Waals surface area contributed by atoms with Crippen molar-refractivity contribution >= 4 is 20.4 Å². The molecule has 2 heteroatoms. The van der Waals surface area contributed by atoms with Gasteiger partial charge in [-0.05, 0) is 34.9 Å². The van der Waals surface area contributed by atoms with Gasteiger partial charge in [0.2, 0.25) is 0 Å². The summed E-state index contributed by atoms with van der Waals surface area (Å²) < 4.78 is 13.1. The minimum absolute atomic E-state index is 0.0845. The van der Waals surface area contributed by atoms with E-state index in [2.05, 4.69) is 12.1 Å². The summed E-state index contributed by atoms with van der Waals surface area (Å²) in [5.74, 6) is -0.0845. The first-order valence-electron chi connectivity index (χ1n) is 4.63. The maximum Gasteiger partial charge on any atom is 0.119 e. The van der Waals surface area contributed by atoms with E-state index in [4.69, 9.17) is 0 Å². The summed E-state index contributed by atoms with van der Waals surface area (Å²) in [6, 6.07) is 8.27. The van der Waals surface area contributed by atoms with Gasteiger partial charge in [0, 0.05) is 0 Å².